The van der Waals surface area contributed by atoms with Crippen molar-refractivity contribution >= 4 is 173 Å². The van der Waals surface area contributed by atoms with E-state index in [4.69, 9.17) is 34.4 Å². The summed E-state index contributed by atoms with van der Waals surface area (Å²) in [6.07, 6.45) is 0. The summed E-state index contributed by atoms with van der Waals surface area (Å²) in [5, 5.41) is 0. The van der Waals surface area contributed by atoms with Crippen LogP contribution in [0.4, 0.5) is 0 Å². The molecule has 0 spiro atoms. The lowest BCUT2D eigenvalue weighted by molar-refractivity contribution is -0.360. The van der Waals surface area contributed by atoms with Crippen molar-refractivity contribution in [3.8, 4) is 0 Å². The maximum Gasteiger partial charge on any atom is 0.653 e. The predicted molar refractivity (Wildman–Crippen MR) is 338 cm³/mol. The number of ether oxygens (including phenoxy) is 3. The van der Waals surface area contributed by atoms with Crippen LogP contribution in [0.15, 0.2) is 239 Å². The first-order chi connectivity index (χ1) is 40.7. The van der Waals surface area contributed by atoms with Crippen molar-refractivity contribution < 1.29 is 61.2 Å². The van der Waals surface area contributed by atoms with Crippen LogP contribution in [0.3, 0.4) is 0 Å². The van der Waals surface area contributed by atoms with E-state index in [0.29, 0.717) is 5.56 Å². The van der Waals surface area contributed by atoms with Gasteiger partial charge in [0, 0.05) is 88.7 Å². The highest BCUT2D eigenvalue weighted by atomic mass is 36.0. The van der Waals surface area contributed by atoms with Crippen LogP contribution in [-0.2, 0) is 47.0 Å². The standard InChI is InChI=1S/C46H34O9S3.C15H11O3S.Al.Cl2OS.3ClH/c1-53-44(50)41(47)31-10-22-37(23-11-31)56-34-16-4-28(5-17-34)40(29-6-18-35(19-7-29)57-38-24-12-32(13-25-38)42(48)45(51)54-2)30-8-20-36(21-9-30)58-39-26-14-33(15-27-39)43(49)46(52)55-3;1-18-15(17)14(16)11-7-9-13(10-8-11)19-12-5-3-2-4-6-12;;1-4(2)3;;;/h4-27,40H,1-3H3;2-10H,1H2;;;3*1H/q;+1;+3;;;;/p-3. The van der Waals surface area contributed by atoms with Crippen molar-refractivity contribution in [3.05, 3.63) is 239 Å². The third-order valence-electron chi connectivity index (χ3n) is 11.2. The average molecular weight is 1350 g/mol. The number of Topliss-reactive ketones (excluding diaryl/α,β-unsaturated/α-hetero) is 4. The Hall–Kier alpha value is -6.28. The molecule has 85 heavy (non-hydrogen) atoms. The van der Waals surface area contributed by atoms with Gasteiger partial charge < -0.3 is 14.2 Å². The number of benzene rings is 8. The van der Waals surface area contributed by atoms with Gasteiger partial charge in [0.2, 0.25) is 9.23 Å². The molecule has 434 valence electrons. The Morgan fingerprint density at radius 1 is 0.388 bits per heavy atom. The molecule has 0 aliphatic carbocycles. The van der Waals surface area contributed by atoms with Crippen LogP contribution in [0.5, 0.6) is 0 Å². The van der Waals surface area contributed by atoms with Crippen LogP contribution in [-0.4, -0.2) is 90.7 Å². The monoisotopic (exact) mass is 1350 g/mol. The summed E-state index contributed by atoms with van der Waals surface area (Å²) in [7, 11) is 25.7. The third-order valence-corrected chi connectivity index (χ3v) is 15.3. The molecule has 8 aromatic carbocycles. The molecular weight excluding hydrogens is 1310 g/mol. The SMILES string of the molecule is C=[O+]C(=O)C(=O)c1ccc(Sc2ccccc2)cc1.COC(=O)C(=O)c1ccc(Sc2ccc(C(c3ccc(Sc4ccc(C(=O)C(=O)OC)cc4)cc3)c3ccc(Sc4ccc(C(=O)C(=O)OC)cc4)cc3)cc2)cc1.O=S(Cl)Cl.[Cl][Al]([Cl])[Cl]. The Labute approximate surface area is 534 Å². The second-order valence-corrected chi connectivity index (χ2v) is 30.2. The zero-order valence-corrected chi connectivity index (χ0v) is 53.7. The fourth-order valence-corrected chi connectivity index (χ4v) is 10.6. The number of ketones is 4. The van der Waals surface area contributed by atoms with E-state index in [2.05, 4.69) is 120 Å². The number of hydrogen-bond donors (Lipinski definition) is 0. The first-order valence-corrected chi connectivity index (χ1v) is 35.6. The van der Waals surface area contributed by atoms with E-state index in [1.807, 2.05) is 30.3 Å². The Kier molecular flexibility index (Phi) is 29.4. The van der Waals surface area contributed by atoms with Gasteiger partial charge in [-0.1, -0.05) is 102 Å². The Balaban J connectivity index is 0.000000402. The number of methoxy groups -OCH3 is 3. The topological polar surface area (TPSA) is 193 Å². The van der Waals surface area contributed by atoms with E-state index in [-0.39, 0.29) is 22.6 Å². The lowest BCUT2D eigenvalue weighted by Crippen LogP contribution is -2.15. The molecule has 0 saturated heterocycles. The van der Waals surface area contributed by atoms with Gasteiger partial charge in [-0.05, 0) is 162 Å². The Morgan fingerprint density at radius 2 is 0.588 bits per heavy atom. The fourth-order valence-electron chi connectivity index (χ4n) is 7.31. The van der Waals surface area contributed by atoms with E-state index in [9.17, 15) is 38.4 Å². The second kappa shape index (κ2) is 36.0. The van der Waals surface area contributed by atoms with Crippen LogP contribution in [0.1, 0.15) is 64.0 Å². The highest BCUT2D eigenvalue weighted by Gasteiger charge is 2.27. The Bertz CT molecular complexity index is 3340. The summed E-state index contributed by atoms with van der Waals surface area (Å²) in [6, 6.07) is 62.0. The molecule has 0 atom stereocenters. The number of hydrogen-bond acceptors (Lipinski definition) is 16. The minimum Gasteiger partial charge on any atom is -0.463 e. The van der Waals surface area contributed by atoms with Gasteiger partial charge in [-0.3, -0.25) is 23.6 Å². The highest BCUT2D eigenvalue weighted by molar-refractivity contribution is 8.26. The number of carbonyl (C=O) groups excluding carboxylic acids is 9. The summed E-state index contributed by atoms with van der Waals surface area (Å²) in [4.78, 5) is 102. The molecule has 0 aliphatic rings. The fraction of sp³-hybridized carbons (Fsp3) is 0.0656. The molecule has 0 bridgehead atoms. The van der Waals surface area contributed by atoms with Crippen molar-refractivity contribution in [1.82, 2.24) is 0 Å². The molecule has 13 nitrogen and oxygen atoms in total. The quantitative estimate of drug-likeness (QED) is 0.0108. The van der Waals surface area contributed by atoms with Crippen molar-refractivity contribution in [2.45, 2.75) is 45.1 Å². The van der Waals surface area contributed by atoms with E-state index in [1.54, 1.807) is 109 Å². The predicted octanol–water partition coefficient (Wildman–Crippen LogP) is 15.0. The number of rotatable bonds is 19. The van der Waals surface area contributed by atoms with Gasteiger partial charge in [0.1, 0.15) is 0 Å². The lowest BCUT2D eigenvalue weighted by Gasteiger charge is -2.20. The number of esters is 3. The van der Waals surface area contributed by atoms with Crippen LogP contribution < -0.4 is 0 Å². The Morgan fingerprint density at radius 3 is 0.800 bits per heavy atom. The zero-order chi connectivity index (χ0) is 62.0. The molecule has 0 amide bonds. The summed E-state index contributed by atoms with van der Waals surface area (Å²) < 4.78 is 26.9. The molecule has 8 rings (SSSR count). The maximum atomic E-state index is 12.2. The first-order valence-electron chi connectivity index (χ1n) is 24.3. The molecule has 0 heterocycles. The van der Waals surface area contributed by atoms with Crippen molar-refractivity contribution in [3.63, 3.8) is 0 Å². The van der Waals surface area contributed by atoms with E-state index >= 15 is 0 Å². The second-order valence-electron chi connectivity index (χ2n) is 16.6. The highest BCUT2D eigenvalue weighted by Crippen LogP contribution is 2.38. The zero-order valence-electron chi connectivity index (χ0n) is 44.7. The lowest BCUT2D eigenvalue weighted by atomic mass is 9.85. The van der Waals surface area contributed by atoms with Crippen LogP contribution in [0.2, 0.25) is 0 Å². The van der Waals surface area contributed by atoms with Crippen molar-refractivity contribution in [2.24, 2.45) is 0 Å². The van der Waals surface area contributed by atoms with Crippen LogP contribution in [0, 0.1) is 0 Å². The average Bonchev–Trinajstić information content (AvgIpc) is 3.72. The summed E-state index contributed by atoms with van der Waals surface area (Å²) in [5.41, 5.74) is 4.30. The minimum absolute atomic E-state index is 0.118. The summed E-state index contributed by atoms with van der Waals surface area (Å²) in [6.45, 7) is 2.93. The number of carbonyl (C=O) groups is 8. The largest absolute Gasteiger partial charge is 0.653 e. The first kappa shape index (κ1) is 69.5. The van der Waals surface area contributed by atoms with E-state index < -0.39 is 67.6 Å². The van der Waals surface area contributed by atoms with Gasteiger partial charge in [0.25, 0.3) is 17.3 Å². The molecule has 0 fully saturated rings. The maximum absolute atomic E-state index is 12.2. The molecule has 0 N–H and O–H groups in total. The van der Waals surface area contributed by atoms with Gasteiger partial charge in [0.05, 0.1) is 26.1 Å². The molecule has 0 unspecified atom stereocenters. The van der Waals surface area contributed by atoms with E-state index in [0.717, 1.165) is 55.9 Å². The van der Waals surface area contributed by atoms with Crippen molar-refractivity contribution in [2.75, 3.05) is 21.3 Å². The van der Waals surface area contributed by atoms with Gasteiger partial charge in [-0.25, -0.2) is 48.7 Å². The molecule has 24 heteroatoms. The summed E-state index contributed by atoms with van der Waals surface area (Å²) in [5.74, 6) is -6.56. The van der Waals surface area contributed by atoms with Crippen LogP contribution >= 0.6 is 98.6 Å². The molecule has 0 radical (unpaired) electrons. The third kappa shape index (κ3) is 22.8. The minimum atomic E-state index is -1.72. The number of halogens is 5. The molecule has 0 aliphatic heterocycles. The van der Waals surface area contributed by atoms with Gasteiger partial charge in [-0.15, -0.1) is 0 Å². The van der Waals surface area contributed by atoms with Gasteiger partial charge >= 0.3 is 41.0 Å². The molecule has 0 saturated carbocycles. The molecule has 8 aromatic rings. The molecule has 0 aromatic heterocycles. The van der Waals surface area contributed by atoms with Gasteiger partial charge in [-0.2, -0.15) is 0 Å². The van der Waals surface area contributed by atoms with Gasteiger partial charge in [0.15, 0.2) is 6.79 Å². The molecular formula is C61H45AlCl5O13S5+. The van der Waals surface area contributed by atoms with Crippen molar-refractivity contribution in [1.29, 1.82) is 0 Å². The summed E-state index contributed by atoms with van der Waals surface area (Å²) >= 11 is 4.46. The smallest absolute Gasteiger partial charge is 0.463 e. The van der Waals surface area contributed by atoms with Crippen LogP contribution in [0.25, 0.3) is 0 Å². The normalized spacial score (nSPS) is 10.3. The van der Waals surface area contributed by atoms with E-state index in [1.165, 1.54) is 56.6 Å².